The molecule has 0 spiro atoms. The summed E-state index contributed by atoms with van der Waals surface area (Å²) in [6.07, 6.45) is 2.62. The van der Waals surface area contributed by atoms with Crippen molar-refractivity contribution in [2.75, 3.05) is 31.2 Å². The summed E-state index contributed by atoms with van der Waals surface area (Å²) in [4.78, 5) is 22.1. The second-order valence-corrected chi connectivity index (χ2v) is 9.24. The average Bonchev–Trinajstić information content (AvgIpc) is 3.26. The molecule has 1 unspecified atom stereocenters. The summed E-state index contributed by atoms with van der Waals surface area (Å²) < 4.78 is 30.8. The zero-order valence-electron chi connectivity index (χ0n) is 17.6. The number of hydrogen-bond acceptors (Lipinski definition) is 7. The van der Waals surface area contributed by atoms with Crippen LogP contribution >= 0.6 is 19.3 Å². The van der Waals surface area contributed by atoms with Gasteiger partial charge in [-0.25, -0.2) is 9.24 Å². The number of hydrogen-bond donors (Lipinski definition) is 1. The molecule has 0 aliphatic heterocycles. The number of benzene rings is 1. The third kappa shape index (κ3) is 7.49. The van der Waals surface area contributed by atoms with Gasteiger partial charge < -0.3 is 14.2 Å². The van der Waals surface area contributed by atoms with Crippen molar-refractivity contribution in [1.29, 1.82) is 0 Å². The number of halogens is 1. The highest BCUT2D eigenvalue weighted by atomic mass is 35.5. The minimum absolute atomic E-state index is 0.128. The molecular weight excluding hydrogens is 461 g/mol. The molecule has 32 heavy (non-hydrogen) atoms. The molecule has 2 rings (SSSR count). The fourth-order valence-corrected chi connectivity index (χ4v) is 4.39. The monoisotopic (exact) mass is 485 g/mol. The summed E-state index contributed by atoms with van der Waals surface area (Å²) >= 11 is 5.73. The summed E-state index contributed by atoms with van der Waals surface area (Å²) in [5, 5.41) is 13.7. The van der Waals surface area contributed by atoms with Crippen LogP contribution < -0.4 is 5.09 Å². The summed E-state index contributed by atoms with van der Waals surface area (Å²) in [7, 11) is -1.99. The molecule has 0 saturated carbocycles. The Morgan fingerprint density at radius 1 is 1.31 bits per heavy atom. The molecular formula is C20H25ClN3O7P. The van der Waals surface area contributed by atoms with Crippen molar-refractivity contribution in [3.05, 3.63) is 70.7 Å². The van der Waals surface area contributed by atoms with Crippen LogP contribution in [0.5, 0.6) is 0 Å². The molecule has 0 aliphatic rings. The predicted octanol–water partition coefficient (Wildman–Crippen LogP) is 5.22. The van der Waals surface area contributed by atoms with Gasteiger partial charge in [0.15, 0.2) is 12.4 Å². The van der Waals surface area contributed by atoms with Gasteiger partial charge in [-0.15, -0.1) is 11.6 Å². The first-order valence-corrected chi connectivity index (χ1v) is 11.8. The highest BCUT2D eigenvalue weighted by Crippen LogP contribution is 2.50. The second-order valence-electron chi connectivity index (χ2n) is 6.66. The molecule has 2 aromatic rings. The Kier molecular flexibility index (Phi) is 9.93. The quantitative estimate of drug-likeness (QED) is 0.0687. The van der Waals surface area contributed by atoms with Crippen molar-refractivity contribution in [1.82, 2.24) is 4.67 Å². The van der Waals surface area contributed by atoms with E-state index in [4.69, 9.17) is 25.3 Å². The minimum atomic E-state index is -3.62. The smallest absolute Gasteiger partial charge is 0.433 e. The Morgan fingerprint density at radius 3 is 2.62 bits per heavy atom. The van der Waals surface area contributed by atoms with E-state index in [1.54, 1.807) is 31.3 Å². The molecule has 12 heteroatoms. The maximum Gasteiger partial charge on any atom is 0.433 e. The number of nitrogens with zero attached hydrogens (tertiary/aromatic N) is 2. The van der Waals surface area contributed by atoms with Crippen LogP contribution in [0.15, 0.2) is 53.7 Å². The number of nitro groups is 1. The standard InChI is InChI=1S/C20H25ClN3O7P/c1-3-29-15-19(25)16-6-8-17(9-7-16)22-32(28,23(2)13-5-4-12-21)30-14-18-10-11-20(31-18)24(26)27/h3,6-11H,1,4-5,12-15H2,2H3,(H,22,28). The molecule has 1 N–H and O–H groups in total. The van der Waals surface area contributed by atoms with Crippen LogP contribution in [-0.2, 0) is 20.4 Å². The summed E-state index contributed by atoms with van der Waals surface area (Å²) in [6.45, 7) is 3.46. The lowest BCUT2D eigenvalue weighted by molar-refractivity contribution is -0.402. The van der Waals surface area contributed by atoms with Gasteiger partial charge in [0.25, 0.3) is 0 Å². The number of anilines is 1. The predicted molar refractivity (Wildman–Crippen MR) is 121 cm³/mol. The van der Waals surface area contributed by atoms with Crippen LogP contribution in [0.2, 0.25) is 0 Å². The topological polar surface area (TPSA) is 124 Å². The van der Waals surface area contributed by atoms with E-state index in [2.05, 4.69) is 11.7 Å². The van der Waals surface area contributed by atoms with Crippen LogP contribution in [0.1, 0.15) is 29.0 Å². The fraction of sp³-hybridized carbons (Fsp3) is 0.350. The summed E-state index contributed by atoms with van der Waals surface area (Å²) in [5.74, 6) is -0.0137. The second kappa shape index (κ2) is 12.4. The Morgan fingerprint density at radius 2 is 2.03 bits per heavy atom. The first-order chi connectivity index (χ1) is 15.3. The highest BCUT2D eigenvalue weighted by molar-refractivity contribution is 7.58. The first kappa shape index (κ1) is 25.6. The summed E-state index contributed by atoms with van der Waals surface area (Å²) in [5.41, 5.74) is 0.885. The Bertz CT molecular complexity index is 964. The van der Waals surface area contributed by atoms with Crippen molar-refractivity contribution in [3.8, 4) is 0 Å². The van der Waals surface area contributed by atoms with Gasteiger partial charge in [0.1, 0.15) is 17.3 Å². The third-order valence-corrected chi connectivity index (χ3v) is 6.72. The van der Waals surface area contributed by atoms with Crippen LogP contribution in [0.4, 0.5) is 11.6 Å². The number of carbonyl (C=O) groups excluding carboxylic acids is 1. The molecule has 174 valence electrons. The average molecular weight is 486 g/mol. The highest BCUT2D eigenvalue weighted by Gasteiger charge is 2.30. The maximum absolute atomic E-state index is 13.6. The minimum Gasteiger partial charge on any atom is -0.494 e. The summed E-state index contributed by atoms with van der Waals surface area (Å²) in [6, 6.07) is 8.94. The van der Waals surface area contributed by atoms with Crippen molar-refractivity contribution >= 4 is 36.6 Å². The van der Waals surface area contributed by atoms with E-state index in [0.29, 0.717) is 30.1 Å². The molecule has 0 fully saturated rings. The normalized spacial score (nSPS) is 12.8. The number of furan rings is 1. The van der Waals surface area contributed by atoms with Crippen molar-refractivity contribution in [2.45, 2.75) is 19.4 Å². The van der Waals surface area contributed by atoms with Gasteiger partial charge in [-0.05, 0) is 50.2 Å². The van der Waals surface area contributed by atoms with E-state index in [-0.39, 0.29) is 24.8 Å². The molecule has 0 bridgehead atoms. The SMILES string of the molecule is C=COCC(=O)c1ccc(NP(=O)(OCc2ccc([N+](=O)[O-])o2)N(C)CCCCCl)cc1. The van der Waals surface area contributed by atoms with E-state index in [0.717, 1.165) is 6.42 Å². The van der Waals surface area contributed by atoms with Gasteiger partial charge in [0.05, 0.1) is 12.3 Å². The lowest BCUT2D eigenvalue weighted by Gasteiger charge is -2.28. The lowest BCUT2D eigenvalue weighted by Crippen LogP contribution is -2.22. The number of carbonyl (C=O) groups is 1. The van der Waals surface area contributed by atoms with Crippen LogP contribution in [0, 0.1) is 10.1 Å². The molecule has 0 aliphatic carbocycles. The van der Waals surface area contributed by atoms with E-state index in [9.17, 15) is 19.5 Å². The van der Waals surface area contributed by atoms with Gasteiger partial charge in [0, 0.05) is 23.7 Å². The van der Waals surface area contributed by atoms with Crippen molar-refractivity contribution in [2.24, 2.45) is 0 Å². The number of unbranched alkanes of at least 4 members (excludes halogenated alkanes) is 1. The van der Waals surface area contributed by atoms with Crippen molar-refractivity contribution in [3.63, 3.8) is 0 Å². The van der Waals surface area contributed by atoms with E-state index in [1.165, 1.54) is 23.1 Å². The Balaban J connectivity index is 2.14. The van der Waals surface area contributed by atoms with E-state index in [1.807, 2.05) is 0 Å². The molecule has 10 nitrogen and oxygen atoms in total. The zero-order chi connectivity index (χ0) is 23.6. The maximum atomic E-state index is 13.6. The number of alkyl halides is 1. The van der Waals surface area contributed by atoms with Crippen LogP contribution in [0.3, 0.4) is 0 Å². The molecule has 1 aromatic carbocycles. The van der Waals surface area contributed by atoms with E-state index < -0.39 is 18.5 Å². The largest absolute Gasteiger partial charge is 0.494 e. The molecule has 1 atom stereocenters. The van der Waals surface area contributed by atoms with Gasteiger partial charge in [-0.1, -0.05) is 6.58 Å². The van der Waals surface area contributed by atoms with Crippen molar-refractivity contribution < 1.29 is 28.0 Å². The molecule has 1 aromatic heterocycles. The van der Waals surface area contributed by atoms with Crippen LogP contribution in [-0.4, -0.2) is 41.5 Å². The third-order valence-electron chi connectivity index (χ3n) is 4.33. The Labute approximate surface area is 190 Å². The number of nitrogens with one attached hydrogen (secondary N) is 1. The van der Waals surface area contributed by atoms with Crippen LogP contribution in [0.25, 0.3) is 0 Å². The van der Waals surface area contributed by atoms with Gasteiger partial charge in [-0.3, -0.25) is 19.4 Å². The molecule has 0 amide bonds. The van der Waals surface area contributed by atoms with Gasteiger partial charge in [-0.2, -0.15) is 0 Å². The molecule has 0 radical (unpaired) electrons. The molecule has 1 heterocycles. The van der Waals surface area contributed by atoms with Gasteiger partial charge >= 0.3 is 13.6 Å². The number of Topliss-reactive ketones (excluding diaryl/α,β-unsaturated/α-hetero) is 1. The van der Waals surface area contributed by atoms with E-state index >= 15 is 0 Å². The first-order valence-electron chi connectivity index (χ1n) is 9.68. The Hall–Kier alpha value is -2.65. The fourth-order valence-electron chi connectivity index (χ4n) is 2.59. The molecule has 0 saturated heterocycles. The van der Waals surface area contributed by atoms with Gasteiger partial charge in [0.2, 0.25) is 0 Å². The lowest BCUT2D eigenvalue weighted by atomic mass is 10.1. The number of rotatable bonds is 15. The zero-order valence-corrected chi connectivity index (χ0v) is 19.2. The number of ketones is 1. The number of ether oxygens (including phenoxy) is 1.